The number of hydrogen-bond acceptors (Lipinski definition) is 7. The van der Waals surface area contributed by atoms with Crippen LogP contribution < -0.4 is 0 Å². The van der Waals surface area contributed by atoms with Gasteiger partial charge in [-0.1, -0.05) is 5.16 Å². The minimum atomic E-state index is -0.0235. The SMILES string of the molecule is CC(=O)N1CCC(c2noc(CC3CN(C(=O)c4ccnnc4)C3)n2)CC1. The molecule has 2 aromatic rings. The van der Waals surface area contributed by atoms with Gasteiger partial charge in [0.25, 0.3) is 5.91 Å². The number of nitrogens with zero attached hydrogens (tertiary/aromatic N) is 6. The van der Waals surface area contributed by atoms with Crippen molar-refractivity contribution in [1.29, 1.82) is 0 Å². The van der Waals surface area contributed by atoms with Crippen molar-refractivity contribution in [3.63, 3.8) is 0 Å². The molecule has 27 heavy (non-hydrogen) atoms. The Morgan fingerprint density at radius 2 is 1.96 bits per heavy atom. The fourth-order valence-electron chi connectivity index (χ4n) is 3.68. The summed E-state index contributed by atoms with van der Waals surface area (Å²) in [5, 5.41) is 11.6. The molecule has 2 aromatic heterocycles. The topological polar surface area (TPSA) is 105 Å². The molecule has 2 aliphatic heterocycles. The van der Waals surface area contributed by atoms with E-state index in [1.54, 1.807) is 17.9 Å². The molecule has 2 amide bonds. The van der Waals surface area contributed by atoms with Crippen molar-refractivity contribution in [3.05, 3.63) is 35.7 Å². The molecule has 0 spiro atoms. The second-order valence-corrected chi connectivity index (χ2v) is 7.24. The molecule has 2 saturated heterocycles. The third-order valence-corrected chi connectivity index (χ3v) is 5.33. The first-order valence-corrected chi connectivity index (χ1v) is 9.24. The Kier molecular flexibility index (Phi) is 4.83. The first kappa shape index (κ1) is 17.6. The second kappa shape index (κ2) is 7.42. The largest absolute Gasteiger partial charge is 0.343 e. The lowest BCUT2D eigenvalue weighted by Crippen LogP contribution is -2.50. The number of aromatic nitrogens is 4. The summed E-state index contributed by atoms with van der Waals surface area (Å²) >= 11 is 0. The van der Waals surface area contributed by atoms with Crippen LogP contribution in [-0.2, 0) is 11.2 Å². The quantitative estimate of drug-likeness (QED) is 0.787. The second-order valence-electron chi connectivity index (χ2n) is 7.24. The van der Waals surface area contributed by atoms with Gasteiger partial charge in [0.2, 0.25) is 11.8 Å². The Labute approximate surface area is 156 Å². The highest BCUT2D eigenvalue weighted by Gasteiger charge is 2.33. The Bertz CT molecular complexity index is 810. The van der Waals surface area contributed by atoms with E-state index in [1.807, 2.05) is 4.90 Å². The number of carbonyl (C=O) groups excluding carboxylic acids is 2. The maximum absolute atomic E-state index is 12.3. The number of piperidine rings is 1. The summed E-state index contributed by atoms with van der Waals surface area (Å²) in [6.45, 7) is 4.44. The molecule has 0 aliphatic carbocycles. The van der Waals surface area contributed by atoms with Crippen LogP contribution in [0.3, 0.4) is 0 Å². The molecule has 4 rings (SSSR count). The van der Waals surface area contributed by atoms with Crippen LogP contribution >= 0.6 is 0 Å². The number of rotatable bonds is 4. The molecule has 0 N–H and O–H groups in total. The molecule has 0 saturated carbocycles. The lowest BCUT2D eigenvalue weighted by atomic mass is 9.95. The van der Waals surface area contributed by atoms with Gasteiger partial charge in [-0.25, -0.2) is 0 Å². The van der Waals surface area contributed by atoms with E-state index in [2.05, 4.69) is 20.3 Å². The summed E-state index contributed by atoms with van der Waals surface area (Å²) in [7, 11) is 0. The van der Waals surface area contributed by atoms with Crippen LogP contribution in [0.15, 0.2) is 23.0 Å². The van der Waals surface area contributed by atoms with Crippen LogP contribution in [0.2, 0.25) is 0 Å². The summed E-state index contributed by atoms with van der Waals surface area (Å²) in [6, 6.07) is 1.67. The smallest absolute Gasteiger partial charge is 0.255 e. The van der Waals surface area contributed by atoms with Gasteiger partial charge in [-0.2, -0.15) is 15.2 Å². The zero-order chi connectivity index (χ0) is 18.8. The molecule has 0 bridgehead atoms. The van der Waals surface area contributed by atoms with E-state index >= 15 is 0 Å². The van der Waals surface area contributed by atoms with Gasteiger partial charge in [-0.15, -0.1) is 0 Å². The maximum Gasteiger partial charge on any atom is 0.255 e. The molecule has 2 aliphatic rings. The standard InChI is InChI=1S/C18H22N6O3/c1-12(25)23-6-3-14(4-7-23)17-21-16(27-22-17)8-13-10-24(11-13)18(26)15-2-5-19-20-9-15/h2,5,9,13-14H,3-4,6-8,10-11H2,1H3. The molecule has 4 heterocycles. The van der Waals surface area contributed by atoms with Gasteiger partial charge < -0.3 is 14.3 Å². The van der Waals surface area contributed by atoms with Gasteiger partial charge in [-0.05, 0) is 18.9 Å². The molecule has 9 nitrogen and oxygen atoms in total. The fraction of sp³-hybridized carbons (Fsp3) is 0.556. The van der Waals surface area contributed by atoms with Gasteiger partial charge in [0.05, 0.1) is 18.0 Å². The van der Waals surface area contributed by atoms with Gasteiger partial charge in [0, 0.05) is 51.4 Å². The number of carbonyl (C=O) groups is 2. The first-order chi connectivity index (χ1) is 13.1. The molecule has 0 aromatic carbocycles. The van der Waals surface area contributed by atoms with E-state index in [-0.39, 0.29) is 17.7 Å². The average Bonchev–Trinajstić information content (AvgIpc) is 3.13. The summed E-state index contributed by atoms with van der Waals surface area (Å²) in [6.07, 6.45) is 5.41. The van der Waals surface area contributed by atoms with Crippen LogP contribution in [0.1, 0.15) is 47.8 Å². The lowest BCUT2D eigenvalue weighted by molar-refractivity contribution is -0.129. The maximum atomic E-state index is 12.3. The third kappa shape index (κ3) is 3.81. The van der Waals surface area contributed by atoms with Crippen LogP contribution in [0.4, 0.5) is 0 Å². The molecule has 9 heteroatoms. The Balaban J connectivity index is 1.26. The van der Waals surface area contributed by atoms with Gasteiger partial charge >= 0.3 is 0 Å². The van der Waals surface area contributed by atoms with Crippen molar-refractivity contribution < 1.29 is 14.1 Å². The van der Waals surface area contributed by atoms with E-state index in [4.69, 9.17) is 4.52 Å². The van der Waals surface area contributed by atoms with E-state index in [1.165, 1.54) is 12.4 Å². The normalized spacial score (nSPS) is 18.4. The zero-order valence-electron chi connectivity index (χ0n) is 15.2. The predicted octanol–water partition coefficient (Wildman–Crippen LogP) is 0.900. The Morgan fingerprint density at radius 3 is 2.63 bits per heavy atom. The predicted molar refractivity (Wildman–Crippen MR) is 93.7 cm³/mol. The average molecular weight is 370 g/mol. The van der Waals surface area contributed by atoms with Crippen molar-refractivity contribution in [2.45, 2.75) is 32.1 Å². The number of likely N-dealkylation sites (tertiary alicyclic amines) is 2. The van der Waals surface area contributed by atoms with Crippen LogP contribution in [0, 0.1) is 5.92 Å². The third-order valence-electron chi connectivity index (χ3n) is 5.33. The van der Waals surface area contributed by atoms with Gasteiger partial charge in [-0.3, -0.25) is 9.59 Å². The molecular weight excluding hydrogens is 348 g/mol. The van der Waals surface area contributed by atoms with Gasteiger partial charge in [0.15, 0.2) is 5.82 Å². The van der Waals surface area contributed by atoms with E-state index in [9.17, 15) is 9.59 Å². The molecule has 2 fully saturated rings. The highest BCUT2D eigenvalue weighted by atomic mass is 16.5. The minimum Gasteiger partial charge on any atom is -0.343 e. The fourth-order valence-corrected chi connectivity index (χ4v) is 3.68. The highest BCUT2D eigenvalue weighted by Crippen LogP contribution is 2.27. The highest BCUT2D eigenvalue weighted by molar-refractivity contribution is 5.94. The number of hydrogen-bond donors (Lipinski definition) is 0. The van der Waals surface area contributed by atoms with E-state index in [0.29, 0.717) is 36.9 Å². The van der Waals surface area contributed by atoms with Crippen LogP contribution in [0.25, 0.3) is 0 Å². The summed E-state index contributed by atoms with van der Waals surface area (Å²) in [5.41, 5.74) is 0.556. The Hall–Kier alpha value is -2.84. The Morgan fingerprint density at radius 1 is 1.19 bits per heavy atom. The van der Waals surface area contributed by atoms with Crippen LogP contribution in [0.5, 0.6) is 0 Å². The molecule has 0 unspecified atom stereocenters. The van der Waals surface area contributed by atoms with Gasteiger partial charge in [0.1, 0.15) is 0 Å². The number of amides is 2. The monoisotopic (exact) mass is 370 g/mol. The summed E-state index contributed by atoms with van der Waals surface area (Å²) in [5.74, 6) is 2.04. The zero-order valence-corrected chi connectivity index (χ0v) is 15.2. The van der Waals surface area contributed by atoms with Crippen molar-refractivity contribution >= 4 is 11.8 Å². The molecule has 0 radical (unpaired) electrons. The van der Waals surface area contributed by atoms with Crippen molar-refractivity contribution in [3.8, 4) is 0 Å². The van der Waals surface area contributed by atoms with Crippen molar-refractivity contribution in [1.82, 2.24) is 30.1 Å². The lowest BCUT2D eigenvalue weighted by Gasteiger charge is -2.38. The van der Waals surface area contributed by atoms with Crippen molar-refractivity contribution in [2.75, 3.05) is 26.2 Å². The van der Waals surface area contributed by atoms with E-state index in [0.717, 1.165) is 31.8 Å². The van der Waals surface area contributed by atoms with Crippen LogP contribution in [-0.4, -0.2) is 68.1 Å². The summed E-state index contributed by atoms with van der Waals surface area (Å²) in [4.78, 5) is 31.9. The van der Waals surface area contributed by atoms with E-state index < -0.39 is 0 Å². The summed E-state index contributed by atoms with van der Waals surface area (Å²) < 4.78 is 5.42. The molecule has 0 atom stereocenters. The minimum absolute atomic E-state index is 0.0235. The molecule has 142 valence electrons. The van der Waals surface area contributed by atoms with Crippen molar-refractivity contribution in [2.24, 2.45) is 5.92 Å². The first-order valence-electron chi connectivity index (χ1n) is 9.24. The molecular formula is C18H22N6O3.